The van der Waals surface area contributed by atoms with Crippen LogP contribution in [0.4, 0.5) is 0 Å². The molecule has 1 fully saturated rings. The first-order chi connectivity index (χ1) is 20.3. The summed E-state index contributed by atoms with van der Waals surface area (Å²) in [5, 5.41) is 34.5. The SMILES string of the molecule is CCCN1C(=O)[C@@H]2[C@@H](CC(C(C)C)=C([C@H](O)CC/C(=C/c3ccc(O)c4ccccc34)c3ccccc3)[C@@H]2CO)C1=O. The first kappa shape index (κ1) is 29.7. The predicted molar refractivity (Wildman–Crippen MR) is 166 cm³/mol. The summed E-state index contributed by atoms with van der Waals surface area (Å²) in [6, 6.07) is 21.4. The van der Waals surface area contributed by atoms with Gasteiger partial charge in [0, 0.05) is 17.8 Å². The molecule has 3 N–H and O–H groups in total. The normalized spacial score (nSPS) is 21.9. The van der Waals surface area contributed by atoms with Gasteiger partial charge in [0.05, 0.1) is 24.5 Å². The lowest BCUT2D eigenvalue weighted by atomic mass is 9.66. The summed E-state index contributed by atoms with van der Waals surface area (Å²) in [6.07, 6.45) is 3.33. The third-order valence-corrected chi connectivity index (χ3v) is 9.01. The molecule has 1 aliphatic heterocycles. The number of fused-ring (bicyclic) bond motifs is 2. The minimum atomic E-state index is -0.868. The van der Waals surface area contributed by atoms with Gasteiger partial charge in [0.25, 0.3) is 0 Å². The lowest BCUT2D eigenvalue weighted by molar-refractivity contribution is -0.140. The van der Waals surface area contributed by atoms with E-state index in [4.69, 9.17) is 0 Å². The van der Waals surface area contributed by atoms with Gasteiger partial charge in [-0.05, 0) is 65.3 Å². The number of rotatable bonds is 10. The fourth-order valence-electron chi connectivity index (χ4n) is 6.97. The Morgan fingerprint density at radius 1 is 0.976 bits per heavy atom. The summed E-state index contributed by atoms with van der Waals surface area (Å²) >= 11 is 0. The smallest absolute Gasteiger partial charge is 0.233 e. The van der Waals surface area contributed by atoms with Crippen molar-refractivity contribution in [1.29, 1.82) is 0 Å². The van der Waals surface area contributed by atoms with Crippen molar-refractivity contribution in [2.45, 2.75) is 52.6 Å². The van der Waals surface area contributed by atoms with Crippen molar-refractivity contribution >= 4 is 34.2 Å². The molecule has 4 atom stereocenters. The zero-order valence-corrected chi connectivity index (χ0v) is 24.7. The lowest BCUT2D eigenvalue weighted by Crippen LogP contribution is -2.39. The standard InChI is InChI=1S/C36H41NO5/c1-4-18-37-35(41)29-20-28(22(2)3)33(30(21-38)34(29)36(37)42)32(40)17-14-24(23-10-6-5-7-11-23)19-25-15-16-31(39)27-13-9-8-12-26(25)27/h5-13,15-16,19,22,29-30,32,34,38-40H,4,14,17-18,20-21H2,1-3H3/b24-19-/t29-,30+,32-,34-/m1/s1. The molecule has 0 unspecified atom stereocenters. The van der Waals surface area contributed by atoms with Crippen LogP contribution in [-0.4, -0.2) is 51.3 Å². The molecule has 1 aliphatic carbocycles. The molecule has 0 radical (unpaired) electrons. The first-order valence-corrected chi connectivity index (χ1v) is 15.1. The summed E-state index contributed by atoms with van der Waals surface area (Å²) in [7, 11) is 0. The van der Waals surface area contributed by atoms with Crippen molar-refractivity contribution in [2.24, 2.45) is 23.7 Å². The second kappa shape index (κ2) is 12.6. The molecule has 2 amide bonds. The van der Waals surface area contributed by atoms with Crippen molar-refractivity contribution in [3.63, 3.8) is 0 Å². The van der Waals surface area contributed by atoms with Gasteiger partial charge in [-0.25, -0.2) is 0 Å². The minimum Gasteiger partial charge on any atom is -0.507 e. The molecule has 6 nitrogen and oxygen atoms in total. The molecule has 5 rings (SSSR count). The molecule has 3 aromatic rings. The number of hydrogen-bond acceptors (Lipinski definition) is 5. The van der Waals surface area contributed by atoms with Crippen molar-refractivity contribution in [3.05, 3.63) is 89.0 Å². The first-order valence-electron chi connectivity index (χ1n) is 15.1. The Kier molecular flexibility index (Phi) is 8.95. The van der Waals surface area contributed by atoms with Crippen LogP contribution < -0.4 is 0 Å². The zero-order chi connectivity index (χ0) is 30.0. The van der Waals surface area contributed by atoms with Gasteiger partial charge in [-0.15, -0.1) is 0 Å². The number of hydrogen-bond donors (Lipinski definition) is 3. The van der Waals surface area contributed by atoms with E-state index in [9.17, 15) is 24.9 Å². The summed E-state index contributed by atoms with van der Waals surface area (Å²) in [5.74, 6) is -1.75. The van der Waals surface area contributed by atoms with E-state index in [1.165, 1.54) is 4.90 Å². The number of carbonyl (C=O) groups is 2. The molecular weight excluding hydrogens is 526 g/mol. The summed E-state index contributed by atoms with van der Waals surface area (Å²) in [5.41, 5.74) is 4.76. The highest BCUT2D eigenvalue weighted by Crippen LogP contribution is 2.48. The number of phenolic OH excluding ortho intramolecular Hbond substituents is 1. The van der Waals surface area contributed by atoms with Crippen LogP contribution in [0.1, 0.15) is 57.6 Å². The lowest BCUT2D eigenvalue weighted by Gasteiger charge is -2.38. The Labute approximate surface area is 248 Å². The van der Waals surface area contributed by atoms with Gasteiger partial charge in [-0.1, -0.05) is 93.1 Å². The molecule has 1 heterocycles. The average Bonchev–Trinajstić information content (AvgIpc) is 3.24. The Morgan fingerprint density at radius 2 is 1.67 bits per heavy atom. The second-order valence-electron chi connectivity index (χ2n) is 11.9. The van der Waals surface area contributed by atoms with Crippen molar-refractivity contribution in [2.75, 3.05) is 13.2 Å². The quantitative estimate of drug-likeness (QED) is 0.154. The third-order valence-electron chi connectivity index (χ3n) is 9.01. The van der Waals surface area contributed by atoms with Crippen molar-refractivity contribution < 1.29 is 24.9 Å². The number of aromatic hydroxyl groups is 1. The maximum Gasteiger partial charge on any atom is 0.233 e. The van der Waals surface area contributed by atoms with E-state index in [2.05, 4.69) is 6.08 Å². The number of aliphatic hydroxyl groups is 2. The Hall–Kier alpha value is -3.74. The molecule has 0 aromatic heterocycles. The summed E-state index contributed by atoms with van der Waals surface area (Å²) in [4.78, 5) is 28.0. The van der Waals surface area contributed by atoms with Crippen LogP contribution in [0.15, 0.2) is 77.9 Å². The number of nitrogens with zero attached hydrogens (tertiary/aromatic N) is 1. The molecule has 0 spiro atoms. The Bertz CT molecular complexity index is 1520. The van der Waals surface area contributed by atoms with Gasteiger partial charge < -0.3 is 15.3 Å². The van der Waals surface area contributed by atoms with Crippen LogP contribution in [0.3, 0.4) is 0 Å². The minimum absolute atomic E-state index is 0.0697. The van der Waals surface area contributed by atoms with Crippen molar-refractivity contribution in [3.8, 4) is 5.75 Å². The number of phenols is 1. The summed E-state index contributed by atoms with van der Waals surface area (Å²) in [6.45, 7) is 6.14. The van der Waals surface area contributed by atoms with E-state index in [1.807, 2.05) is 81.4 Å². The molecule has 0 bridgehead atoms. The predicted octanol–water partition coefficient (Wildman–Crippen LogP) is 6.20. The van der Waals surface area contributed by atoms with E-state index >= 15 is 0 Å². The molecule has 6 heteroatoms. The van der Waals surface area contributed by atoms with Gasteiger partial charge in [-0.2, -0.15) is 0 Å². The number of likely N-dealkylation sites (tertiary alicyclic amines) is 1. The van der Waals surface area contributed by atoms with Crippen molar-refractivity contribution in [1.82, 2.24) is 4.90 Å². The highest BCUT2D eigenvalue weighted by atomic mass is 16.3. The van der Waals surface area contributed by atoms with E-state index in [1.54, 1.807) is 6.07 Å². The average molecular weight is 568 g/mol. The molecule has 3 aromatic carbocycles. The molecule has 220 valence electrons. The largest absolute Gasteiger partial charge is 0.507 e. The number of amides is 2. The highest BCUT2D eigenvalue weighted by Gasteiger charge is 2.54. The second-order valence-corrected chi connectivity index (χ2v) is 11.9. The summed E-state index contributed by atoms with van der Waals surface area (Å²) < 4.78 is 0. The molecule has 42 heavy (non-hydrogen) atoms. The highest BCUT2D eigenvalue weighted by molar-refractivity contribution is 6.06. The number of imide groups is 1. The molecule has 2 aliphatic rings. The Morgan fingerprint density at radius 3 is 2.33 bits per heavy atom. The van der Waals surface area contributed by atoms with Gasteiger partial charge in [0.2, 0.25) is 11.8 Å². The number of allylic oxidation sites excluding steroid dienone is 2. The van der Waals surface area contributed by atoms with Crippen LogP contribution >= 0.6 is 0 Å². The fourth-order valence-corrected chi connectivity index (χ4v) is 6.97. The third kappa shape index (κ3) is 5.53. The topological polar surface area (TPSA) is 98.1 Å². The molecule has 0 saturated carbocycles. The maximum absolute atomic E-state index is 13.4. The van der Waals surface area contributed by atoms with Crippen LogP contribution in [0.5, 0.6) is 5.75 Å². The fraction of sp³-hybridized carbons (Fsp3) is 0.389. The van der Waals surface area contributed by atoms with Crippen LogP contribution in [-0.2, 0) is 9.59 Å². The molecule has 1 saturated heterocycles. The van der Waals surface area contributed by atoms with Crippen LogP contribution in [0, 0.1) is 23.7 Å². The van der Waals surface area contributed by atoms with E-state index in [0.29, 0.717) is 32.2 Å². The number of benzene rings is 3. The zero-order valence-electron chi connectivity index (χ0n) is 24.7. The van der Waals surface area contributed by atoms with Gasteiger partial charge in [-0.3, -0.25) is 14.5 Å². The van der Waals surface area contributed by atoms with Gasteiger partial charge >= 0.3 is 0 Å². The number of carbonyl (C=O) groups excluding carboxylic acids is 2. The molecular formula is C36H41NO5. The van der Waals surface area contributed by atoms with Crippen LogP contribution in [0.25, 0.3) is 22.4 Å². The van der Waals surface area contributed by atoms with Gasteiger partial charge in [0.1, 0.15) is 5.75 Å². The van der Waals surface area contributed by atoms with E-state index in [0.717, 1.165) is 38.6 Å². The van der Waals surface area contributed by atoms with E-state index < -0.39 is 23.9 Å². The van der Waals surface area contributed by atoms with Gasteiger partial charge in [0.15, 0.2) is 0 Å². The Balaban J connectivity index is 1.49. The monoisotopic (exact) mass is 567 g/mol. The number of aliphatic hydroxyl groups excluding tert-OH is 2. The van der Waals surface area contributed by atoms with Crippen LogP contribution in [0.2, 0.25) is 0 Å². The van der Waals surface area contributed by atoms with E-state index in [-0.39, 0.29) is 30.1 Å². The maximum atomic E-state index is 13.4.